The second-order valence-corrected chi connectivity index (χ2v) is 6.33. The number of ether oxygens (including phenoxy) is 2. The molecule has 142 valence electrons. The molecule has 0 radical (unpaired) electrons. The van der Waals surface area contributed by atoms with Crippen LogP contribution in [0.15, 0.2) is 48.5 Å². The highest BCUT2D eigenvalue weighted by Crippen LogP contribution is 2.19. The number of benzene rings is 2. The fourth-order valence-electron chi connectivity index (χ4n) is 2.91. The van der Waals surface area contributed by atoms with E-state index in [0.29, 0.717) is 35.7 Å². The highest BCUT2D eigenvalue weighted by atomic mass is 16.5. The molecule has 6 heteroatoms. The molecule has 1 saturated heterocycles. The quantitative estimate of drug-likeness (QED) is 0.787. The predicted octanol–water partition coefficient (Wildman–Crippen LogP) is 3.25. The monoisotopic (exact) mass is 368 g/mol. The molecule has 1 aliphatic rings. The SMILES string of the molecule is CCNC(=O)c1ccccc1NC(=O)c1ccc(OC[C@H]2CCCO2)cc1. The maximum atomic E-state index is 12.5. The molecule has 1 atom stereocenters. The van der Waals surface area contributed by atoms with Gasteiger partial charge in [-0.3, -0.25) is 9.59 Å². The van der Waals surface area contributed by atoms with Gasteiger partial charge in [-0.1, -0.05) is 12.1 Å². The van der Waals surface area contributed by atoms with E-state index in [9.17, 15) is 9.59 Å². The Morgan fingerprint density at radius 2 is 1.89 bits per heavy atom. The van der Waals surface area contributed by atoms with Gasteiger partial charge in [0, 0.05) is 18.7 Å². The number of hydrogen-bond acceptors (Lipinski definition) is 4. The van der Waals surface area contributed by atoms with Crippen molar-refractivity contribution in [2.75, 3.05) is 25.1 Å². The molecule has 2 amide bonds. The molecule has 3 rings (SSSR count). The summed E-state index contributed by atoms with van der Waals surface area (Å²) in [4.78, 5) is 24.6. The lowest BCUT2D eigenvalue weighted by Gasteiger charge is -2.12. The van der Waals surface area contributed by atoms with Crippen LogP contribution in [0.1, 0.15) is 40.5 Å². The number of rotatable bonds is 7. The van der Waals surface area contributed by atoms with Gasteiger partial charge in [0.1, 0.15) is 12.4 Å². The van der Waals surface area contributed by atoms with Crippen molar-refractivity contribution in [3.63, 3.8) is 0 Å². The van der Waals surface area contributed by atoms with Crippen molar-refractivity contribution in [1.29, 1.82) is 0 Å². The first-order chi connectivity index (χ1) is 13.2. The summed E-state index contributed by atoms with van der Waals surface area (Å²) < 4.78 is 11.2. The molecule has 2 aromatic carbocycles. The van der Waals surface area contributed by atoms with Crippen LogP contribution in [0, 0.1) is 0 Å². The zero-order valence-electron chi connectivity index (χ0n) is 15.4. The highest BCUT2D eigenvalue weighted by Gasteiger charge is 2.16. The molecular weight excluding hydrogens is 344 g/mol. The second kappa shape index (κ2) is 9.19. The maximum absolute atomic E-state index is 12.5. The fourth-order valence-corrected chi connectivity index (χ4v) is 2.91. The summed E-state index contributed by atoms with van der Waals surface area (Å²) in [5.74, 6) is 0.202. The topological polar surface area (TPSA) is 76.7 Å². The number of carbonyl (C=O) groups is 2. The fraction of sp³-hybridized carbons (Fsp3) is 0.333. The Bertz CT molecular complexity index is 783. The van der Waals surface area contributed by atoms with Crippen molar-refractivity contribution in [2.24, 2.45) is 0 Å². The molecule has 1 fully saturated rings. The van der Waals surface area contributed by atoms with Crippen LogP contribution in [0.2, 0.25) is 0 Å². The second-order valence-electron chi connectivity index (χ2n) is 6.33. The van der Waals surface area contributed by atoms with E-state index in [1.54, 1.807) is 48.5 Å². The minimum atomic E-state index is -0.280. The van der Waals surface area contributed by atoms with Gasteiger partial charge in [-0.05, 0) is 56.2 Å². The number of nitrogens with one attached hydrogen (secondary N) is 2. The van der Waals surface area contributed by atoms with Crippen molar-refractivity contribution < 1.29 is 19.1 Å². The lowest BCUT2D eigenvalue weighted by Crippen LogP contribution is -2.24. The van der Waals surface area contributed by atoms with E-state index < -0.39 is 0 Å². The minimum Gasteiger partial charge on any atom is -0.491 e. The molecule has 0 aliphatic carbocycles. The molecule has 0 aromatic heterocycles. The van der Waals surface area contributed by atoms with Crippen LogP contribution >= 0.6 is 0 Å². The zero-order chi connectivity index (χ0) is 19.1. The lowest BCUT2D eigenvalue weighted by atomic mass is 10.1. The third-order valence-electron chi connectivity index (χ3n) is 4.33. The third kappa shape index (κ3) is 5.08. The van der Waals surface area contributed by atoms with Crippen molar-refractivity contribution in [3.05, 3.63) is 59.7 Å². The smallest absolute Gasteiger partial charge is 0.255 e. The predicted molar refractivity (Wildman–Crippen MR) is 103 cm³/mol. The summed E-state index contributed by atoms with van der Waals surface area (Å²) >= 11 is 0. The van der Waals surface area contributed by atoms with E-state index in [1.807, 2.05) is 6.92 Å². The van der Waals surface area contributed by atoms with Crippen LogP contribution in [0.4, 0.5) is 5.69 Å². The third-order valence-corrected chi connectivity index (χ3v) is 4.33. The molecule has 1 heterocycles. The van der Waals surface area contributed by atoms with E-state index in [4.69, 9.17) is 9.47 Å². The van der Waals surface area contributed by atoms with Gasteiger partial charge in [-0.15, -0.1) is 0 Å². The summed E-state index contributed by atoms with van der Waals surface area (Å²) in [5, 5.41) is 5.54. The number of anilines is 1. The van der Waals surface area contributed by atoms with Crippen LogP contribution < -0.4 is 15.4 Å². The maximum Gasteiger partial charge on any atom is 0.255 e. The van der Waals surface area contributed by atoms with E-state index in [1.165, 1.54) is 0 Å². The summed E-state index contributed by atoms with van der Waals surface area (Å²) in [7, 11) is 0. The molecule has 0 bridgehead atoms. The average Bonchev–Trinajstić information content (AvgIpc) is 3.21. The average molecular weight is 368 g/mol. The molecule has 27 heavy (non-hydrogen) atoms. The first-order valence-corrected chi connectivity index (χ1v) is 9.20. The van der Waals surface area contributed by atoms with Gasteiger partial charge >= 0.3 is 0 Å². The van der Waals surface area contributed by atoms with Crippen molar-refractivity contribution in [3.8, 4) is 5.75 Å². The largest absolute Gasteiger partial charge is 0.491 e. The van der Waals surface area contributed by atoms with Gasteiger partial charge in [-0.25, -0.2) is 0 Å². The number of para-hydroxylation sites is 1. The van der Waals surface area contributed by atoms with Crippen LogP contribution in [-0.2, 0) is 4.74 Å². The molecular formula is C21H24N2O4. The summed E-state index contributed by atoms with van der Waals surface area (Å²) in [6, 6.07) is 13.9. The molecule has 0 unspecified atom stereocenters. The van der Waals surface area contributed by atoms with E-state index >= 15 is 0 Å². The number of hydrogen-bond donors (Lipinski definition) is 2. The van der Waals surface area contributed by atoms with Gasteiger partial charge in [0.15, 0.2) is 0 Å². The summed E-state index contributed by atoms with van der Waals surface area (Å²) in [5.41, 5.74) is 1.40. The zero-order valence-corrected chi connectivity index (χ0v) is 15.4. The summed E-state index contributed by atoms with van der Waals surface area (Å²) in [6.07, 6.45) is 2.25. The Morgan fingerprint density at radius 3 is 2.59 bits per heavy atom. The van der Waals surface area contributed by atoms with Gasteiger partial charge < -0.3 is 20.1 Å². The first kappa shape index (κ1) is 18.9. The first-order valence-electron chi connectivity index (χ1n) is 9.20. The van der Waals surface area contributed by atoms with Crippen LogP contribution in [0.3, 0.4) is 0 Å². The molecule has 1 aliphatic heterocycles. The molecule has 2 N–H and O–H groups in total. The number of carbonyl (C=O) groups excluding carboxylic acids is 2. The molecule has 6 nitrogen and oxygen atoms in total. The van der Waals surface area contributed by atoms with Crippen molar-refractivity contribution in [1.82, 2.24) is 5.32 Å². The van der Waals surface area contributed by atoms with Crippen LogP contribution in [-0.4, -0.2) is 37.7 Å². The van der Waals surface area contributed by atoms with Crippen LogP contribution in [0.5, 0.6) is 5.75 Å². The Kier molecular flexibility index (Phi) is 6.44. The van der Waals surface area contributed by atoms with Crippen molar-refractivity contribution in [2.45, 2.75) is 25.9 Å². The number of amides is 2. The van der Waals surface area contributed by atoms with Gasteiger partial charge in [0.05, 0.1) is 17.4 Å². The summed E-state index contributed by atoms with van der Waals surface area (Å²) in [6.45, 7) is 3.69. The standard InChI is InChI=1S/C21H24N2O4/c1-2-22-21(25)18-7-3-4-8-19(18)23-20(24)15-9-11-16(12-10-15)27-14-17-6-5-13-26-17/h3-4,7-12,17H,2,5-6,13-14H2,1H3,(H,22,25)(H,23,24)/t17-/m1/s1. The van der Waals surface area contributed by atoms with E-state index in [-0.39, 0.29) is 17.9 Å². The molecule has 0 saturated carbocycles. The Hall–Kier alpha value is -2.86. The Morgan fingerprint density at radius 1 is 1.11 bits per heavy atom. The van der Waals surface area contributed by atoms with E-state index in [0.717, 1.165) is 19.4 Å². The lowest BCUT2D eigenvalue weighted by molar-refractivity contribution is 0.0679. The van der Waals surface area contributed by atoms with E-state index in [2.05, 4.69) is 10.6 Å². The molecule has 2 aromatic rings. The highest BCUT2D eigenvalue weighted by molar-refractivity contribution is 6.09. The normalized spacial score (nSPS) is 16.0. The minimum absolute atomic E-state index is 0.152. The van der Waals surface area contributed by atoms with Gasteiger partial charge in [0.25, 0.3) is 11.8 Å². The Balaban J connectivity index is 1.62. The Labute approximate surface area is 158 Å². The van der Waals surface area contributed by atoms with Crippen LogP contribution in [0.25, 0.3) is 0 Å². The van der Waals surface area contributed by atoms with Gasteiger partial charge in [-0.2, -0.15) is 0 Å². The molecule has 0 spiro atoms. The van der Waals surface area contributed by atoms with Crippen molar-refractivity contribution >= 4 is 17.5 Å². The van der Waals surface area contributed by atoms with Gasteiger partial charge in [0.2, 0.25) is 0 Å².